The third-order valence-corrected chi connectivity index (χ3v) is 2.07. The number of aliphatic hydroxyl groups excluding tert-OH is 1. The molecule has 0 aromatic rings. The molecule has 4 N–H and O–H groups in total. The first-order chi connectivity index (χ1) is 6.85. The second kappa shape index (κ2) is 10.9. The van der Waals surface area contributed by atoms with E-state index in [2.05, 4.69) is 20.9 Å². The smallest absolute Gasteiger partial charge is 0.0931 e. The summed E-state index contributed by atoms with van der Waals surface area (Å²) < 4.78 is 0. The molecule has 0 saturated heterocycles. The van der Waals surface area contributed by atoms with Gasteiger partial charge in [0.25, 0.3) is 0 Å². The standard InChI is InChI=1S/C9H24N4O/c1-10-3-6-13(7-4-11-2)8-5-12-9-14/h10-12,14H,3-9H2,1-2H3. The second-order valence-electron chi connectivity index (χ2n) is 3.21. The molecule has 0 spiro atoms. The van der Waals surface area contributed by atoms with Gasteiger partial charge in [0.1, 0.15) is 0 Å². The van der Waals surface area contributed by atoms with Gasteiger partial charge in [0, 0.05) is 39.3 Å². The van der Waals surface area contributed by atoms with Crippen molar-refractivity contribution >= 4 is 0 Å². The minimum Gasteiger partial charge on any atom is -0.381 e. The quantitative estimate of drug-likeness (QED) is 0.252. The summed E-state index contributed by atoms with van der Waals surface area (Å²) in [5, 5.41) is 17.7. The molecule has 0 rings (SSSR count). The van der Waals surface area contributed by atoms with Gasteiger partial charge in [-0.15, -0.1) is 0 Å². The van der Waals surface area contributed by atoms with Crippen molar-refractivity contribution < 1.29 is 5.11 Å². The fraction of sp³-hybridized carbons (Fsp3) is 1.00. The SMILES string of the molecule is CNCCN(CCNC)CCNCO. The zero-order valence-electron chi connectivity index (χ0n) is 9.34. The molecule has 0 saturated carbocycles. The van der Waals surface area contributed by atoms with Gasteiger partial charge in [0.05, 0.1) is 6.73 Å². The Hall–Kier alpha value is -0.200. The highest BCUT2D eigenvalue weighted by molar-refractivity contribution is 4.61. The molecule has 0 aliphatic carbocycles. The summed E-state index contributed by atoms with van der Waals surface area (Å²) in [6.45, 7) is 5.97. The van der Waals surface area contributed by atoms with Gasteiger partial charge in [-0.3, -0.25) is 10.2 Å². The van der Waals surface area contributed by atoms with Gasteiger partial charge in [-0.25, -0.2) is 0 Å². The van der Waals surface area contributed by atoms with E-state index in [1.54, 1.807) is 0 Å². The number of nitrogens with zero attached hydrogens (tertiary/aromatic N) is 1. The summed E-state index contributed by atoms with van der Waals surface area (Å²) in [5.74, 6) is 0. The molecule has 0 aromatic carbocycles. The predicted molar refractivity (Wildman–Crippen MR) is 59.4 cm³/mol. The van der Waals surface area contributed by atoms with E-state index in [4.69, 9.17) is 5.11 Å². The van der Waals surface area contributed by atoms with Crippen molar-refractivity contribution in [3.05, 3.63) is 0 Å². The van der Waals surface area contributed by atoms with Gasteiger partial charge in [-0.2, -0.15) is 0 Å². The number of hydrogen-bond acceptors (Lipinski definition) is 5. The average molecular weight is 204 g/mol. The second-order valence-corrected chi connectivity index (χ2v) is 3.21. The number of likely N-dealkylation sites (N-methyl/N-ethyl adjacent to an activating group) is 2. The molecule has 0 fully saturated rings. The fourth-order valence-corrected chi connectivity index (χ4v) is 1.19. The summed E-state index contributed by atoms with van der Waals surface area (Å²) in [4.78, 5) is 2.36. The lowest BCUT2D eigenvalue weighted by molar-refractivity contribution is 0.233. The van der Waals surface area contributed by atoms with Crippen molar-refractivity contribution in [3.63, 3.8) is 0 Å². The first-order valence-electron chi connectivity index (χ1n) is 5.18. The van der Waals surface area contributed by atoms with E-state index >= 15 is 0 Å². The van der Waals surface area contributed by atoms with Crippen LogP contribution in [0.3, 0.4) is 0 Å². The van der Waals surface area contributed by atoms with Crippen LogP contribution in [0.5, 0.6) is 0 Å². The van der Waals surface area contributed by atoms with Gasteiger partial charge in [0.15, 0.2) is 0 Å². The summed E-state index contributed by atoms with van der Waals surface area (Å²) in [6, 6.07) is 0. The number of hydrogen-bond donors (Lipinski definition) is 4. The van der Waals surface area contributed by atoms with E-state index in [0.29, 0.717) is 0 Å². The first-order valence-corrected chi connectivity index (χ1v) is 5.18. The fourth-order valence-electron chi connectivity index (χ4n) is 1.19. The van der Waals surface area contributed by atoms with Gasteiger partial charge in [-0.05, 0) is 14.1 Å². The Labute approximate surface area is 86.9 Å². The van der Waals surface area contributed by atoms with Gasteiger partial charge in [0.2, 0.25) is 0 Å². The predicted octanol–water partition coefficient (Wildman–Crippen LogP) is -1.73. The highest BCUT2D eigenvalue weighted by atomic mass is 16.3. The Bertz CT molecular complexity index is 105. The number of rotatable bonds is 10. The summed E-state index contributed by atoms with van der Waals surface area (Å²) >= 11 is 0. The Morgan fingerprint density at radius 1 is 0.929 bits per heavy atom. The molecule has 0 aliphatic heterocycles. The molecule has 86 valence electrons. The van der Waals surface area contributed by atoms with Gasteiger partial charge < -0.3 is 15.7 Å². The topological polar surface area (TPSA) is 59.6 Å². The van der Waals surface area contributed by atoms with Crippen LogP contribution in [0, 0.1) is 0 Å². The number of nitrogens with one attached hydrogen (secondary N) is 3. The molecule has 5 heteroatoms. The van der Waals surface area contributed by atoms with E-state index < -0.39 is 0 Å². The Morgan fingerprint density at radius 3 is 1.86 bits per heavy atom. The molecule has 0 amide bonds. The molecule has 5 nitrogen and oxygen atoms in total. The lowest BCUT2D eigenvalue weighted by atomic mass is 10.4. The number of aliphatic hydroxyl groups is 1. The van der Waals surface area contributed by atoms with E-state index in [1.165, 1.54) is 0 Å². The van der Waals surface area contributed by atoms with Gasteiger partial charge in [-0.1, -0.05) is 0 Å². The first kappa shape index (κ1) is 13.8. The largest absolute Gasteiger partial charge is 0.381 e. The Balaban J connectivity index is 3.49. The van der Waals surface area contributed by atoms with Crippen molar-refractivity contribution in [2.75, 3.05) is 60.1 Å². The summed E-state index contributed by atoms with van der Waals surface area (Å²) in [7, 11) is 3.92. The zero-order valence-corrected chi connectivity index (χ0v) is 9.34. The van der Waals surface area contributed by atoms with E-state index in [1.807, 2.05) is 14.1 Å². The Morgan fingerprint density at radius 2 is 1.43 bits per heavy atom. The van der Waals surface area contributed by atoms with Crippen LogP contribution < -0.4 is 16.0 Å². The van der Waals surface area contributed by atoms with Crippen molar-refractivity contribution in [1.29, 1.82) is 0 Å². The average Bonchev–Trinajstić information content (AvgIpc) is 2.21. The highest BCUT2D eigenvalue weighted by Crippen LogP contribution is 1.84. The monoisotopic (exact) mass is 204 g/mol. The minimum atomic E-state index is 0.0614. The molecule has 14 heavy (non-hydrogen) atoms. The van der Waals surface area contributed by atoms with Crippen LogP contribution in [0.25, 0.3) is 0 Å². The normalized spacial score (nSPS) is 11.1. The maximum Gasteiger partial charge on any atom is 0.0931 e. The molecule has 0 atom stereocenters. The Kier molecular flexibility index (Phi) is 10.7. The molecule has 0 bridgehead atoms. The maximum atomic E-state index is 8.58. The van der Waals surface area contributed by atoms with Crippen molar-refractivity contribution in [2.45, 2.75) is 0 Å². The minimum absolute atomic E-state index is 0.0614. The lowest BCUT2D eigenvalue weighted by Gasteiger charge is -2.21. The van der Waals surface area contributed by atoms with Crippen LogP contribution in [0.4, 0.5) is 0 Å². The van der Waals surface area contributed by atoms with E-state index in [0.717, 1.165) is 39.3 Å². The summed E-state index contributed by atoms with van der Waals surface area (Å²) in [5.41, 5.74) is 0. The molecule has 0 aliphatic rings. The van der Waals surface area contributed by atoms with Crippen molar-refractivity contribution in [1.82, 2.24) is 20.9 Å². The molecule has 0 aromatic heterocycles. The van der Waals surface area contributed by atoms with Crippen LogP contribution in [-0.2, 0) is 0 Å². The third-order valence-electron chi connectivity index (χ3n) is 2.07. The zero-order chi connectivity index (χ0) is 10.6. The molecule has 0 radical (unpaired) electrons. The lowest BCUT2D eigenvalue weighted by Crippen LogP contribution is -2.39. The van der Waals surface area contributed by atoms with Crippen LogP contribution in [0.2, 0.25) is 0 Å². The van der Waals surface area contributed by atoms with Crippen LogP contribution in [0.15, 0.2) is 0 Å². The van der Waals surface area contributed by atoms with Gasteiger partial charge >= 0.3 is 0 Å². The molecule has 0 unspecified atom stereocenters. The summed E-state index contributed by atoms with van der Waals surface area (Å²) in [6.07, 6.45) is 0. The van der Waals surface area contributed by atoms with Crippen LogP contribution >= 0.6 is 0 Å². The highest BCUT2D eigenvalue weighted by Gasteiger charge is 2.02. The third kappa shape index (κ3) is 8.40. The van der Waals surface area contributed by atoms with Crippen LogP contribution in [-0.4, -0.2) is 70.1 Å². The van der Waals surface area contributed by atoms with Crippen LogP contribution in [0.1, 0.15) is 0 Å². The van der Waals surface area contributed by atoms with Crippen molar-refractivity contribution in [2.24, 2.45) is 0 Å². The van der Waals surface area contributed by atoms with E-state index in [-0.39, 0.29) is 6.73 Å². The molecular formula is C9H24N4O. The maximum absolute atomic E-state index is 8.58. The van der Waals surface area contributed by atoms with Crippen molar-refractivity contribution in [3.8, 4) is 0 Å². The van der Waals surface area contributed by atoms with E-state index in [9.17, 15) is 0 Å². The molecule has 0 heterocycles. The molecular weight excluding hydrogens is 180 g/mol.